The number of esters is 1. The number of hydrogen-bond acceptors (Lipinski definition) is 10. The van der Waals surface area contributed by atoms with Crippen LogP contribution in [0.25, 0.3) is 0 Å². The molecule has 0 bridgehead atoms. The number of ketones is 1. The number of methoxy groups -OCH3 is 1. The van der Waals surface area contributed by atoms with Gasteiger partial charge in [0.05, 0.1) is 19.3 Å². The monoisotopic (exact) mass is 475 g/mol. The number of Topliss-reactive ketones (excluding diaryl/α,β-unsaturated/α-hetero) is 1. The number of rotatable bonds is 5. The molecule has 1 aliphatic carbocycles. The second-order valence-electron chi connectivity index (χ2n) is 8.64. The quantitative estimate of drug-likeness (QED) is 0.368. The minimum absolute atomic E-state index is 0.0192. The van der Waals surface area contributed by atoms with Crippen LogP contribution in [0.3, 0.4) is 0 Å². The van der Waals surface area contributed by atoms with Crippen LogP contribution in [0, 0.1) is 0 Å². The molecule has 1 aromatic carbocycles. The summed E-state index contributed by atoms with van der Waals surface area (Å²) >= 11 is 0. The van der Waals surface area contributed by atoms with E-state index >= 15 is 0 Å². The highest BCUT2D eigenvalue weighted by Gasteiger charge is 2.45. The Kier molecular flexibility index (Phi) is 7.06. The van der Waals surface area contributed by atoms with Crippen molar-refractivity contribution in [3.63, 3.8) is 0 Å². The Morgan fingerprint density at radius 3 is 2.47 bits per heavy atom. The minimum atomic E-state index is -1.55. The van der Waals surface area contributed by atoms with Gasteiger partial charge < -0.3 is 40.0 Å². The van der Waals surface area contributed by atoms with Gasteiger partial charge in [-0.25, -0.2) is 4.79 Å². The highest BCUT2D eigenvalue weighted by Crippen LogP contribution is 2.42. The van der Waals surface area contributed by atoms with E-state index in [9.17, 15) is 30.0 Å². The molecular weight excluding hydrogens is 446 g/mol. The molecule has 4 rings (SSSR count). The third-order valence-corrected chi connectivity index (χ3v) is 6.50. The molecule has 2 aliphatic heterocycles. The summed E-state index contributed by atoms with van der Waals surface area (Å²) in [6.45, 7) is 1.21. The number of carbonyl (C=O) groups excluding carboxylic acids is 2. The van der Waals surface area contributed by atoms with Gasteiger partial charge in [-0.1, -0.05) is 12.1 Å². The van der Waals surface area contributed by atoms with Gasteiger partial charge in [0.2, 0.25) is 6.29 Å². The van der Waals surface area contributed by atoms with Crippen LogP contribution in [-0.4, -0.2) is 76.6 Å². The smallest absolute Gasteiger partial charge is 0.336 e. The van der Waals surface area contributed by atoms with E-state index < -0.39 is 49.2 Å². The molecule has 1 fully saturated rings. The van der Waals surface area contributed by atoms with Crippen molar-refractivity contribution >= 4 is 11.8 Å². The van der Waals surface area contributed by atoms with E-state index in [1.165, 1.54) is 7.11 Å². The summed E-state index contributed by atoms with van der Waals surface area (Å²) in [5.41, 5.74) is 3.05. The van der Waals surface area contributed by atoms with Crippen LogP contribution in [0.4, 0.5) is 0 Å². The first-order valence-electron chi connectivity index (χ1n) is 11.2. The Morgan fingerprint density at radius 1 is 1.12 bits per heavy atom. The van der Waals surface area contributed by atoms with Crippen LogP contribution in [-0.2, 0) is 19.1 Å². The van der Waals surface area contributed by atoms with Crippen LogP contribution in [0.2, 0.25) is 0 Å². The van der Waals surface area contributed by atoms with Crippen molar-refractivity contribution in [2.75, 3.05) is 13.7 Å². The van der Waals surface area contributed by atoms with Crippen LogP contribution in [0.1, 0.15) is 37.7 Å². The summed E-state index contributed by atoms with van der Waals surface area (Å²) in [6, 6.07) is 6.60. The Bertz CT molecular complexity index is 1010. The molecule has 0 radical (unpaired) electrons. The molecular formula is C24H29NO9. The molecule has 10 nitrogen and oxygen atoms in total. The number of allylic oxidation sites excluding steroid dienone is 3. The summed E-state index contributed by atoms with van der Waals surface area (Å²) in [4.78, 5) is 25.5. The number of aliphatic hydroxyl groups excluding tert-OH is 4. The van der Waals surface area contributed by atoms with Gasteiger partial charge >= 0.3 is 5.97 Å². The number of benzene rings is 1. The van der Waals surface area contributed by atoms with E-state index in [-0.39, 0.29) is 11.5 Å². The molecule has 1 unspecified atom stereocenters. The molecule has 1 saturated heterocycles. The normalized spacial score (nSPS) is 31.6. The summed E-state index contributed by atoms with van der Waals surface area (Å²) in [7, 11) is 1.30. The van der Waals surface area contributed by atoms with Gasteiger partial charge in [-0.2, -0.15) is 0 Å². The van der Waals surface area contributed by atoms with Gasteiger partial charge in [0.1, 0.15) is 30.2 Å². The number of dihydropyridines is 1. The van der Waals surface area contributed by atoms with Crippen molar-refractivity contribution in [3.05, 3.63) is 52.4 Å². The Morgan fingerprint density at radius 2 is 1.82 bits per heavy atom. The van der Waals surface area contributed by atoms with Crippen molar-refractivity contribution in [3.8, 4) is 5.75 Å². The predicted molar refractivity (Wildman–Crippen MR) is 117 cm³/mol. The molecule has 6 atom stereocenters. The zero-order chi connectivity index (χ0) is 24.6. The molecule has 3 aliphatic rings. The Labute approximate surface area is 196 Å². The maximum absolute atomic E-state index is 12.9. The fourth-order valence-corrected chi connectivity index (χ4v) is 4.73. The highest BCUT2D eigenvalue weighted by molar-refractivity contribution is 6.03. The lowest BCUT2D eigenvalue weighted by Crippen LogP contribution is -2.60. The van der Waals surface area contributed by atoms with Gasteiger partial charge in [-0.3, -0.25) is 4.79 Å². The number of aliphatic hydroxyl groups is 4. The first kappa shape index (κ1) is 24.4. The maximum atomic E-state index is 12.9. The zero-order valence-corrected chi connectivity index (χ0v) is 18.9. The van der Waals surface area contributed by atoms with Crippen LogP contribution >= 0.6 is 0 Å². The number of hydrogen-bond donors (Lipinski definition) is 5. The van der Waals surface area contributed by atoms with E-state index in [0.29, 0.717) is 35.2 Å². The number of nitrogens with one attached hydrogen (secondary N) is 1. The zero-order valence-electron chi connectivity index (χ0n) is 18.9. The summed E-state index contributed by atoms with van der Waals surface area (Å²) < 4.78 is 16.0. The van der Waals surface area contributed by atoms with Crippen molar-refractivity contribution in [2.45, 2.75) is 62.8 Å². The topological polar surface area (TPSA) is 155 Å². The van der Waals surface area contributed by atoms with Gasteiger partial charge in [-0.15, -0.1) is 0 Å². The number of carbonyl (C=O) groups is 2. The van der Waals surface area contributed by atoms with Crippen molar-refractivity contribution in [1.29, 1.82) is 0 Å². The maximum Gasteiger partial charge on any atom is 0.336 e. The molecule has 10 heteroatoms. The molecule has 0 amide bonds. The lowest BCUT2D eigenvalue weighted by molar-refractivity contribution is -0.277. The van der Waals surface area contributed by atoms with Crippen molar-refractivity contribution in [2.24, 2.45) is 0 Å². The standard InChI is InChI=1S/C24H29NO9/c1-11-17(23(31)32-2)18(19-14(25-11)4-3-5-15(19)27)12-6-8-13(9-7-12)33-24-22(30)21(29)20(28)16(10-26)34-24/h6-9,16,18,20-22,24-26,28-30H,3-5,10H2,1-2H3/t16-,18?,20-,21-,22-,24-/m1/s1. The molecule has 2 heterocycles. The lowest BCUT2D eigenvalue weighted by Gasteiger charge is -2.39. The predicted octanol–water partition coefficient (Wildman–Crippen LogP) is 0.00620. The molecule has 34 heavy (non-hydrogen) atoms. The van der Waals surface area contributed by atoms with Crippen LogP contribution in [0.15, 0.2) is 46.8 Å². The van der Waals surface area contributed by atoms with E-state index in [4.69, 9.17) is 14.2 Å². The summed E-state index contributed by atoms with van der Waals surface area (Å²) in [5, 5.41) is 42.6. The van der Waals surface area contributed by atoms with Crippen LogP contribution in [0.5, 0.6) is 5.75 Å². The van der Waals surface area contributed by atoms with Gasteiger partial charge in [0, 0.05) is 29.3 Å². The Hall–Kier alpha value is -2.76. The molecule has 184 valence electrons. The van der Waals surface area contributed by atoms with E-state index in [1.54, 1.807) is 31.2 Å². The average molecular weight is 475 g/mol. The minimum Gasteiger partial charge on any atom is -0.466 e. The van der Waals surface area contributed by atoms with Crippen molar-refractivity contribution < 1.29 is 44.2 Å². The fourth-order valence-electron chi connectivity index (χ4n) is 4.73. The summed E-state index contributed by atoms with van der Waals surface area (Å²) in [6.07, 6.45) is -5.12. The SMILES string of the molecule is COC(=O)C1=C(C)NC2=C(C(=O)CCC2)C1c1ccc(O[C@@H]2O[C@H](CO)[C@@H](O)[C@@H](O)[C@H]2O)cc1. The van der Waals surface area contributed by atoms with Gasteiger partial charge in [0.25, 0.3) is 0 Å². The van der Waals surface area contributed by atoms with Gasteiger partial charge in [0.15, 0.2) is 5.78 Å². The highest BCUT2D eigenvalue weighted by atomic mass is 16.7. The van der Waals surface area contributed by atoms with E-state index in [2.05, 4.69) is 5.32 Å². The average Bonchev–Trinajstić information content (AvgIpc) is 2.83. The number of ether oxygens (including phenoxy) is 3. The fraction of sp³-hybridized carbons (Fsp3) is 0.500. The van der Waals surface area contributed by atoms with Crippen LogP contribution < -0.4 is 10.1 Å². The first-order chi connectivity index (χ1) is 16.3. The second-order valence-corrected chi connectivity index (χ2v) is 8.64. The van der Waals surface area contributed by atoms with E-state index in [1.807, 2.05) is 0 Å². The second kappa shape index (κ2) is 9.85. The molecule has 0 saturated carbocycles. The molecule has 5 N–H and O–H groups in total. The largest absolute Gasteiger partial charge is 0.466 e. The third kappa shape index (κ3) is 4.35. The first-order valence-corrected chi connectivity index (χ1v) is 11.2. The van der Waals surface area contributed by atoms with E-state index in [0.717, 1.165) is 12.1 Å². The molecule has 1 aromatic rings. The summed E-state index contributed by atoms with van der Waals surface area (Å²) in [5.74, 6) is -0.861. The van der Waals surface area contributed by atoms with Gasteiger partial charge in [-0.05, 0) is 37.5 Å². The molecule has 0 spiro atoms. The van der Waals surface area contributed by atoms with Crippen molar-refractivity contribution in [1.82, 2.24) is 5.32 Å². The Balaban J connectivity index is 1.62. The third-order valence-electron chi connectivity index (χ3n) is 6.50. The lowest BCUT2D eigenvalue weighted by atomic mass is 9.75. The molecule has 0 aromatic heterocycles.